The zero-order valence-electron chi connectivity index (χ0n) is 15.0. The predicted octanol–water partition coefficient (Wildman–Crippen LogP) is 4.87. The summed E-state index contributed by atoms with van der Waals surface area (Å²) in [6.45, 7) is 4.63. The maximum Gasteiger partial charge on any atom is 0.152 e. The van der Waals surface area contributed by atoms with Gasteiger partial charge in [0, 0.05) is 13.1 Å². The third-order valence-corrected chi connectivity index (χ3v) is 4.79. The Morgan fingerprint density at radius 2 is 1.46 bits per heavy atom. The Labute approximate surface area is 153 Å². The Bertz CT molecular complexity index is 667. The van der Waals surface area contributed by atoms with Gasteiger partial charge in [0.1, 0.15) is 23.1 Å². The Morgan fingerprint density at radius 3 is 2.00 bits per heavy atom. The third kappa shape index (κ3) is 5.18. The Morgan fingerprint density at radius 1 is 0.923 bits per heavy atom. The number of hydrogen-bond donors (Lipinski definition) is 0. The molecule has 5 heteroatoms. The van der Waals surface area contributed by atoms with Gasteiger partial charge in [-0.3, -0.25) is 4.90 Å². The molecule has 3 nitrogen and oxygen atoms in total. The van der Waals surface area contributed by atoms with Gasteiger partial charge in [-0.25, -0.2) is 8.78 Å². The molecule has 1 aliphatic rings. The number of rotatable bonds is 7. The van der Waals surface area contributed by atoms with E-state index in [1.807, 2.05) is 0 Å². The summed E-state index contributed by atoms with van der Waals surface area (Å²) in [4.78, 5) is 2.33. The van der Waals surface area contributed by atoms with Crippen LogP contribution in [0.1, 0.15) is 26.2 Å². The summed E-state index contributed by atoms with van der Waals surface area (Å²) in [6, 6.07) is 12.3. The maximum absolute atomic E-state index is 13.0. The van der Waals surface area contributed by atoms with E-state index in [1.165, 1.54) is 24.3 Å². The summed E-state index contributed by atoms with van der Waals surface area (Å²) in [5.41, 5.74) is 0. The van der Waals surface area contributed by atoms with Crippen LogP contribution in [0.2, 0.25) is 0 Å². The smallest absolute Gasteiger partial charge is 0.152 e. The van der Waals surface area contributed by atoms with Crippen LogP contribution in [-0.2, 0) is 0 Å². The lowest BCUT2D eigenvalue weighted by Crippen LogP contribution is -2.44. The first-order chi connectivity index (χ1) is 12.6. The fourth-order valence-corrected chi connectivity index (χ4v) is 3.24. The largest absolute Gasteiger partial charge is 0.493 e. The maximum atomic E-state index is 13.0. The monoisotopic (exact) mass is 361 g/mol. The topological polar surface area (TPSA) is 21.7 Å². The standard InChI is InChI=1S/C21H25F2NO2/c1-2-21(26-20-9-5-18(23)6-10-20)24-13-11-16(12-14-24)15-25-19-7-3-17(22)4-8-19/h3-10,16,21H,2,11-15H2,1H3. The molecule has 2 aromatic carbocycles. The van der Waals surface area contributed by atoms with E-state index in [1.54, 1.807) is 24.3 Å². The minimum absolute atomic E-state index is 0.000530. The molecule has 0 aliphatic carbocycles. The molecule has 1 atom stereocenters. The third-order valence-electron chi connectivity index (χ3n) is 4.79. The van der Waals surface area contributed by atoms with Crippen LogP contribution in [0.4, 0.5) is 8.78 Å². The van der Waals surface area contributed by atoms with Gasteiger partial charge in [-0.15, -0.1) is 0 Å². The molecule has 0 N–H and O–H groups in total. The van der Waals surface area contributed by atoms with Crippen LogP contribution >= 0.6 is 0 Å². The van der Waals surface area contributed by atoms with E-state index in [-0.39, 0.29) is 17.9 Å². The van der Waals surface area contributed by atoms with Gasteiger partial charge in [-0.1, -0.05) is 6.92 Å². The Balaban J connectivity index is 1.45. The highest BCUT2D eigenvalue weighted by Gasteiger charge is 2.25. The molecule has 2 aromatic rings. The van der Waals surface area contributed by atoms with Gasteiger partial charge >= 0.3 is 0 Å². The Hall–Kier alpha value is -2.14. The minimum atomic E-state index is -0.257. The average Bonchev–Trinajstić information content (AvgIpc) is 2.68. The summed E-state index contributed by atoms with van der Waals surface area (Å²) in [5, 5.41) is 0. The van der Waals surface area contributed by atoms with Gasteiger partial charge in [-0.2, -0.15) is 0 Å². The van der Waals surface area contributed by atoms with Crippen LogP contribution in [-0.4, -0.2) is 30.8 Å². The number of halogens is 2. The quantitative estimate of drug-likeness (QED) is 0.702. The number of likely N-dealkylation sites (tertiary alicyclic amines) is 1. The molecule has 1 aliphatic heterocycles. The lowest BCUT2D eigenvalue weighted by molar-refractivity contribution is -0.00492. The molecule has 0 aromatic heterocycles. The fourth-order valence-electron chi connectivity index (χ4n) is 3.24. The molecule has 3 rings (SSSR count). The highest BCUT2D eigenvalue weighted by molar-refractivity contribution is 5.23. The van der Waals surface area contributed by atoms with Crippen molar-refractivity contribution in [3.8, 4) is 11.5 Å². The van der Waals surface area contributed by atoms with Crippen LogP contribution in [0.3, 0.4) is 0 Å². The summed E-state index contributed by atoms with van der Waals surface area (Å²) in [5.74, 6) is 1.38. The molecule has 0 radical (unpaired) electrons. The van der Waals surface area contributed by atoms with E-state index < -0.39 is 0 Å². The van der Waals surface area contributed by atoms with E-state index >= 15 is 0 Å². The number of piperidine rings is 1. The first-order valence-electron chi connectivity index (χ1n) is 9.18. The highest BCUT2D eigenvalue weighted by Crippen LogP contribution is 2.24. The number of ether oxygens (including phenoxy) is 2. The summed E-state index contributed by atoms with van der Waals surface area (Å²) in [6.07, 6.45) is 2.93. The number of hydrogen-bond acceptors (Lipinski definition) is 3. The van der Waals surface area contributed by atoms with Crippen molar-refractivity contribution in [2.75, 3.05) is 19.7 Å². The second-order valence-electron chi connectivity index (χ2n) is 6.68. The molecule has 0 amide bonds. The lowest BCUT2D eigenvalue weighted by atomic mass is 9.97. The predicted molar refractivity (Wildman–Crippen MR) is 97.3 cm³/mol. The molecule has 0 spiro atoms. The van der Waals surface area contributed by atoms with Crippen molar-refractivity contribution < 1.29 is 18.3 Å². The zero-order valence-corrected chi connectivity index (χ0v) is 15.0. The van der Waals surface area contributed by atoms with Crippen molar-refractivity contribution in [2.45, 2.75) is 32.4 Å². The first-order valence-corrected chi connectivity index (χ1v) is 9.18. The molecule has 0 saturated carbocycles. The van der Waals surface area contributed by atoms with Crippen LogP contribution < -0.4 is 9.47 Å². The van der Waals surface area contributed by atoms with Crippen LogP contribution in [0.25, 0.3) is 0 Å². The van der Waals surface area contributed by atoms with Crippen molar-refractivity contribution in [3.05, 3.63) is 60.2 Å². The first kappa shape index (κ1) is 18.6. The van der Waals surface area contributed by atoms with Crippen molar-refractivity contribution in [1.82, 2.24) is 4.90 Å². The normalized spacial score (nSPS) is 17.0. The van der Waals surface area contributed by atoms with Crippen molar-refractivity contribution in [3.63, 3.8) is 0 Å². The Kier molecular flexibility index (Phi) is 6.45. The second-order valence-corrected chi connectivity index (χ2v) is 6.68. The van der Waals surface area contributed by atoms with Crippen LogP contribution in [0.5, 0.6) is 11.5 Å². The van der Waals surface area contributed by atoms with Gasteiger partial charge in [0.15, 0.2) is 6.23 Å². The van der Waals surface area contributed by atoms with Crippen molar-refractivity contribution in [2.24, 2.45) is 5.92 Å². The summed E-state index contributed by atoms with van der Waals surface area (Å²) >= 11 is 0. The van der Waals surface area contributed by atoms with Gasteiger partial charge in [0.25, 0.3) is 0 Å². The van der Waals surface area contributed by atoms with Crippen molar-refractivity contribution >= 4 is 0 Å². The lowest BCUT2D eigenvalue weighted by Gasteiger charge is -2.37. The molecule has 1 unspecified atom stereocenters. The molecule has 26 heavy (non-hydrogen) atoms. The zero-order chi connectivity index (χ0) is 18.4. The van der Waals surface area contributed by atoms with E-state index in [0.717, 1.165) is 32.4 Å². The molecule has 1 heterocycles. The second kappa shape index (κ2) is 8.99. The van der Waals surface area contributed by atoms with E-state index in [4.69, 9.17) is 9.47 Å². The van der Waals surface area contributed by atoms with Gasteiger partial charge in [0.2, 0.25) is 0 Å². The molecule has 140 valence electrons. The summed E-state index contributed by atoms with van der Waals surface area (Å²) in [7, 11) is 0. The van der Waals surface area contributed by atoms with Gasteiger partial charge < -0.3 is 9.47 Å². The molecule has 1 saturated heterocycles. The molecular formula is C21H25F2NO2. The highest BCUT2D eigenvalue weighted by atomic mass is 19.1. The molecule has 0 bridgehead atoms. The number of nitrogens with zero attached hydrogens (tertiary/aromatic N) is 1. The van der Waals surface area contributed by atoms with E-state index in [2.05, 4.69) is 11.8 Å². The minimum Gasteiger partial charge on any atom is -0.493 e. The molecule has 1 fully saturated rings. The average molecular weight is 361 g/mol. The van der Waals surface area contributed by atoms with Gasteiger partial charge in [0.05, 0.1) is 6.61 Å². The van der Waals surface area contributed by atoms with Crippen LogP contribution in [0.15, 0.2) is 48.5 Å². The fraction of sp³-hybridized carbons (Fsp3) is 0.429. The van der Waals surface area contributed by atoms with E-state index in [9.17, 15) is 8.78 Å². The summed E-state index contributed by atoms with van der Waals surface area (Å²) < 4.78 is 37.7. The van der Waals surface area contributed by atoms with E-state index in [0.29, 0.717) is 24.0 Å². The number of benzene rings is 2. The van der Waals surface area contributed by atoms with Crippen LogP contribution in [0, 0.1) is 17.6 Å². The van der Waals surface area contributed by atoms with Crippen molar-refractivity contribution in [1.29, 1.82) is 0 Å². The molecular weight excluding hydrogens is 336 g/mol. The SMILES string of the molecule is CCC(Oc1ccc(F)cc1)N1CCC(COc2ccc(F)cc2)CC1. The van der Waals surface area contributed by atoms with Gasteiger partial charge in [-0.05, 0) is 73.7 Å².